The van der Waals surface area contributed by atoms with E-state index in [1.807, 2.05) is 0 Å². The van der Waals surface area contributed by atoms with Crippen molar-refractivity contribution in [1.82, 2.24) is 10.2 Å². The van der Waals surface area contributed by atoms with Gasteiger partial charge in [-0.15, -0.1) is 12.3 Å². The van der Waals surface area contributed by atoms with Crippen LogP contribution >= 0.6 is 0 Å². The first-order valence-corrected chi connectivity index (χ1v) is 7.06. The second-order valence-corrected chi connectivity index (χ2v) is 5.36. The molecule has 0 spiro atoms. The first-order valence-electron chi connectivity index (χ1n) is 7.06. The summed E-state index contributed by atoms with van der Waals surface area (Å²) in [6.45, 7) is 11.3. The van der Waals surface area contributed by atoms with Gasteiger partial charge in [0.2, 0.25) is 0 Å². The fourth-order valence-electron chi connectivity index (χ4n) is 2.89. The number of nitrogens with one attached hydrogen (secondary N) is 1. The van der Waals surface area contributed by atoms with Crippen molar-refractivity contribution in [3.8, 4) is 12.3 Å². The molecular weight excluding hydrogens is 208 g/mol. The summed E-state index contributed by atoms with van der Waals surface area (Å²) < 4.78 is 0. The summed E-state index contributed by atoms with van der Waals surface area (Å²) in [4.78, 5) is 2.63. The first kappa shape index (κ1) is 14.5. The fourth-order valence-corrected chi connectivity index (χ4v) is 2.89. The third-order valence-corrected chi connectivity index (χ3v) is 4.47. The van der Waals surface area contributed by atoms with E-state index >= 15 is 0 Å². The van der Waals surface area contributed by atoms with Crippen LogP contribution < -0.4 is 5.32 Å². The van der Waals surface area contributed by atoms with Crippen LogP contribution in [0.5, 0.6) is 0 Å². The Morgan fingerprint density at radius 1 is 1.41 bits per heavy atom. The van der Waals surface area contributed by atoms with Crippen molar-refractivity contribution in [2.24, 2.45) is 0 Å². The summed E-state index contributed by atoms with van der Waals surface area (Å²) >= 11 is 0. The molecule has 0 amide bonds. The summed E-state index contributed by atoms with van der Waals surface area (Å²) in [5, 5.41) is 3.74. The summed E-state index contributed by atoms with van der Waals surface area (Å²) in [7, 11) is 0. The lowest BCUT2D eigenvalue weighted by Crippen LogP contribution is -2.65. The minimum Gasteiger partial charge on any atom is -0.308 e. The van der Waals surface area contributed by atoms with E-state index in [1.54, 1.807) is 0 Å². The van der Waals surface area contributed by atoms with E-state index in [9.17, 15) is 0 Å². The van der Waals surface area contributed by atoms with Gasteiger partial charge in [-0.05, 0) is 26.2 Å². The Morgan fingerprint density at radius 2 is 2.06 bits per heavy atom. The molecule has 0 aliphatic carbocycles. The molecule has 0 aromatic heterocycles. The molecule has 17 heavy (non-hydrogen) atoms. The summed E-state index contributed by atoms with van der Waals surface area (Å²) in [5.41, 5.74) is 0.300. The molecule has 1 saturated heterocycles. The zero-order valence-electron chi connectivity index (χ0n) is 11.9. The van der Waals surface area contributed by atoms with Crippen LogP contribution in [-0.2, 0) is 0 Å². The standard InChI is InChI=1S/C15H28N2/c1-6-10-14(7-2)17-12-15(8-3,9-4)16-11-13(17)5/h1,13-14,16H,7-12H2,2-5H3. The van der Waals surface area contributed by atoms with Crippen molar-refractivity contribution in [1.29, 1.82) is 0 Å². The molecule has 1 N–H and O–H groups in total. The highest BCUT2D eigenvalue weighted by Crippen LogP contribution is 2.25. The molecule has 2 unspecified atom stereocenters. The zero-order valence-corrected chi connectivity index (χ0v) is 11.9. The molecule has 0 aromatic rings. The van der Waals surface area contributed by atoms with Crippen LogP contribution in [0, 0.1) is 12.3 Å². The predicted octanol–water partition coefficient (Wildman–Crippen LogP) is 2.64. The summed E-state index contributed by atoms with van der Waals surface area (Å²) in [6.07, 6.45) is 9.91. The Morgan fingerprint density at radius 3 is 2.53 bits per heavy atom. The van der Waals surface area contributed by atoms with E-state index in [0.717, 1.165) is 25.9 Å². The normalized spacial score (nSPS) is 26.4. The Hall–Kier alpha value is -0.520. The van der Waals surface area contributed by atoms with Crippen LogP contribution in [0.25, 0.3) is 0 Å². The lowest BCUT2D eigenvalue weighted by Gasteiger charge is -2.49. The molecule has 1 rings (SSSR count). The largest absolute Gasteiger partial charge is 0.308 e. The zero-order chi connectivity index (χ0) is 12.9. The number of piperazine rings is 1. The minimum atomic E-state index is 0.300. The van der Waals surface area contributed by atoms with E-state index in [2.05, 4.69) is 43.8 Å². The van der Waals surface area contributed by atoms with Crippen LogP contribution in [0.15, 0.2) is 0 Å². The molecule has 0 saturated carbocycles. The van der Waals surface area contributed by atoms with Gasteiger partial charge in [0.25, 0.3) is 0 Å². The van der Waals surface area contributed by atoms with E-state index in [-0.39, 0.29) is 0 Å². The molecule has 2 nitrogen and oxygen atoms in total. The maximum atomic E-state index is 5.50. The van der Waals surface area contributed by atoms with E-state index in [1.165, 1.54) is 12.8 Å². The molecule has 2 atom stereocenters. The third kappa shape index (κ3) is 3.24. The lowest BCUT2D eigenvalue weighted by atomic mass is 9.87. The molecule has 0 aromatic carbocycles. The maximum Gasteiger partial charge on any atom is 0.0304 e. The molecular formula is C15H28N2. The number of nitrogens with zero attached hydrogens (tertiary/aromatic N) is 1. The van der Waals surface area contributed by atoms with Gasteiger partial charge in [0, 0.05) is 37.1 Å². The molecule has 0 radical (unpaired) electrons. The van der Waals surface area contributed by atoms with Gasteiger partial charge in [0.1, 0.15) is 0 Å². The van der Waals surface area contributed by atoms with Crippen LogP contribution in [-0.4, -0.2) is 35.6 Å². The molecule has 1 aliphatic rings. The molecule has 2 heteroatoms. The van der Waals surface area contributed by atoms with Crippen molar-refractivity contribution in [3.05, 3.63) is 0 Å². The van der Waals surface area contributed by atoms with Crippen LogP contribution in [0.3, 0.4) is 0 Å². The highest BCUT2D eigenvalue weighted by atomic mass is 15.3. The average Bonchev–Trinajstić information content (AvgIpc) is 2.37. The Labute approximate surface area is 107 Å². The maximum absolute atomic E-state index is 5.50. The van der Waals surface area contributed by atoms with Gasteiger partial charge in [-0.2, -0.15) is 0 Å². The SMILES string of the molecule is C#CCC(CC)N1CC(CC)(CC)NCC1C. The van der Waals surface area contributed by atoms with Gasteiger partial charge in [-0.1, -0.05) is 20.8 Å². The van der Waals surface area contributed by atoms with Crippen molar-refractivity contribution in [2.45, 2.75) is 71.0 Å². The number of rotatable bonds is 5. The van der Waals surface area contributed by atoms with E-state index in [4.69, 9.17) is 6.42 Å². The van der Waals surface area contributed by atoms with Gasteiger partial charge in [-0.3, -0.25) is 4.90 Å². The van der Waals surface area contributed by atoms with Gasteiger partial charge in [-0.25, -0.2) is 0 Å². The molecule has 1 aliphatic heterocycles. The molecule has 0 bridgehead atoms. The second-order valence-electron chi connectivity index (χ2n) is 5.36. The quantitative estimate of drug-likeness (QED) is 0.738. The molecule has 1 heterocycles. The number of terminal acetylenes is 1. The Bertz CT molecular complexity index is 263. The van der Waals surface area contributed by atoms with E-state index in [0.29, 0.717) is 17.6 Å². The van der Waals surface area contributed by atoms with Crippen molar-refractivity contribution >= 4 is 0 Å². The van der Waals surface area contributed by atoms with Gasteiger partial charge < -0.3 is 5.32 Å². The highest BCUT2D eigenvalue weighted by molar-refractivity contribution is 5.00. The fraction of sp³-hybridized carbons (Fsp3) is 0.867. The van der Waals surface area contributed by atoms with Gasteiger partial charge in [0.15, 0.2) is 0 Å². The predicted molar refractivity (Wildman–Crippen MR) is 75.0 cm³/mol. The molecule has 98 valence electrons. The molecule has 1 fully saturated rings. The van der Waals surface area contributed by atoms with Crippen LogP contribution in [0.4, 0.5) is 0 Å². The topological polar surface area (TPSA) is 15.3 Å². The summed E-state index contributed by atoms with van der Waals surface area (Å²) in [6, 6.07) is 1.15. The van der Waals surface area contributed by atoms with Crippen molar-refractivity contribution in [3.63, 3.8) is 0 Å². The van der Waals surface area contributed by atoms with Gasteiger partial charge in [0.05, 0.1) is 0 Å². The van der Waals surface area contributed by atoms with Crippen LogP contribution in [0.1, 0.15) is 53.4 Å². The Balaban J connectivity index is 2.78. The minimum absolute atomic E-state index is 0.300. The van der Waals surface area contributed by atoms with Crippen molar-refractivity contribution in [2.75, 3.05) is 13.1 Å². The third-order valence-electron chi connectivity index (χ3n) is 4.47. The van der Waals surface area contributed by atoms with Crippen molar-refractivity contribution < 1.29 is 0 Å². The lowest BCUT2D eigenvalue weighted by molar-refractivity contribution is 0.0441. The number of hydrogen-bond donors (Lipinski definition) is 1. The summed E-state index contributed by atoms with van der Waals surface area (Å²) in [5.74, 6) is 2.84. The highest BCUT2D eigenvalue weighted by Gasteiger charge is 2.37. The smallest absolute Gasteiger partial charge is 0.0304 e. The van der Waals surface area contributed by atoms with Crippen LogP contribution in [0.2, 0.25) is 0 Å². The first-order chi connectivity index (χ1) is 8.12. The van der Waals surface area contributed by atoms with Gasteiger partial charge >= 0.3 is 0 Å². The number of hydrogen-bond acceptors (Lipinski definition) is 2. The van der Waals surface area contributed by atoms with E-state index < -0.39 is 0 Å². The Kier molecular flexibility index (Phi) is 5.49. The average molecular weight is 236 g/mol. The monoisotopic (exact) mass is 236 g/mol. The second kappa shape index (κ2) is 6.42.